The minimum Gasteiger partial charge on any atom is -0.354 e. The molecule has 3 aromatic rings. The Morgan fingerprint density at radius 2 is 2.05 bits per heavy atom. The number of nitrogens with zero attached hydrogens (tertiary/aromatic N) is 3. The largest absolute Gasteiger partial charge is 0.354 e. The molecule has 0 saturated heterocycles. The summed E-state index contributed by atoms with van der Waals surface area (Å²) in [4.78, 5) is 15.7. The van der Waals surface area contributed by atoms with Crippen molar-refractivity contribution >= 4 is 32.9 Å². The molecule has 0 spiro atoms. The monoisotopic (exact) mass is 335 g/mol. The maximum absolute atomic E-state index is 13.1. The topological polar surface area (TPSA) is 66.5 Å². The van der Waals surface area contributed by atoms with Crippen LogP contribution in [-0.2, 0) is 6.42 Å². The molecule has 1 aromatic carbocycles. The highest BCUT2D eigenvalue weighted by molar-refractivity contribution is 9.10. The van der Waals surface area contributed by atoms with E-state index in [0.29, 0.717) is 24.4 Å². The second-order valence-electron chi connectivity index (χ2n) is 4.25. The van der Waals surface area contributed by atoms with Gasteiger partial charge in [-0.05, 0) is 34.1 Å². The Bertz CT molecular complexity index is 725. The van der Waals surface area contributed by atoms with E-state index in [0.717, 1.165) is 15.8 Å². The van der Waals surface area contributed by atoms with Gasteiger partial charge in [-0.2, -0.15) is 0 Å². The minimum atomic E-state index is -0.269. The smallest absolute Gasteiger partial charge is 0.222 e. The number of hydrogen-bond donors (Lipinski definition) is 2. The molecule has 0 aliphatic heterocycles. The molecule has 102 valence electrons. The minimum absolute atomic E-state index is 0.269. The fourth-order valence-corrected chi connectivity index (χ4v) is 2.05. The number of fused-ring (bicyclic) bond motifs is 1. The molecule has 2 heterocycles. The lowest BCUT2D eigenvalue weighted by molar-refractivity contribution is 0.629. The predicted molar refractivity (Wildman–Crippen MR) is 78.0 cm³/mol. The molecule has 0 aliphatic rings. The van der Waals surface area contributed by atoms with Crippen LogP contribution in [0.5, 0.6) is 0 Å². The Hall–Kier alpha value is -2.02. The van der Waals surface area contributed by atoms with Gasteiger partial charge in [0.2, 0.25) is 5.95 Å². The summed E-state index contributed by atoms with van der Waals surface area (Å²) in [6.07, 6.45) is 4.04. The van der Waals surface area contributed by atoms with Crippen molar-refractivity contribution < 1.29 is 4.39 Å². The summed E-state index contributed by atoms with van der Waals surface area (Å²) in [5.41, 5.74) is 1.47. The maximum Gasteiger partial charge on any atom is 0.222 e. The molecule has 0 atom stereocenters. The third-order valence-corrected chi connectivity index (χ3v) is 3.17. The Kier molecular flexibility index (Phi) is 3.60. The zero-order chi connectivity index (χ0) is 13.9. The molecule has 0 fully saturated rings. The molecule has 7 heteroatoms. The standard InChI is InChI=1S/C13H11BrFN5/c14-8-6-17-13(18-7-8)16-4-3-12-19-10-2-1-9(15)5-11(10)20-12/h1-2,5-7H,3-4H2,(H,19,20)(H,16,17,18). The summed E-state index contributed by atoms with van der Waals surface area (Å²) in [5.74, 6) is 1.10. The molecule has 0 unspecified atom stereocenters. The van der Waals surface area contributed by atoms with Crippen LogP contribution in [0.1, 0.15) is 5.82 Å². The predicted octanol–water partition coefficient (Wildman–Crippen LogP) is 2.91. The normalized spacial score (nSPS) is 10.9. The second-order valence-corrected chi connectivity index (χ2v) is 5.16. The van der Waals surface area contributed by atoms with Crippen molar-refractivity contribution in [1.82, 2.24) is 19.9 Å². The number of benzene rings is 1. The Morgan fingerprint density at radius 3 is 2.85 bits per heavy atom. The molecule has 0 saturated carbocycles. The first kappa shape index (κ1) is 13.0. The fraction of sp³-hybridized carbons (Fsp3) is 0.154. The number of aromatic nitrogens is 4. The van der Waals surface area contributed by atoms with Crippen LogP contribution in [0.4, 0.5) is 10.3 Å². The van der Waals surface area contributed by atoms with E-state index >= 15 is 0 Å². The number of nitrogens with one attached hydrogen (secondary N) is 2. The highest BCUT2D eigenvalue weighted by Crippen LogP contribution is 2.13. The molecule has 3 rings (SSSR count). The number of aromatic amines is 1. The van der Waals surface area contributed by atoms with Gasteiger partial charge in [-0.1, -0.05) is 0 Å². The number of rotatable bonds is 4. The summed E-state index contributed by atoms with van der Waals surface area (Å²) in [6.45, 7) is 0.643. The van der Waals surface area contributed by atoms with Crippen molar-refractivity contribution in [3.8, 4) is 0 Å². The molecule has 2 N–H and O–H groups in total. The van der Waals surface area contributed by atoms with Crippen molar-refractivity contribution in [1.29, 1.82) is 0 Å². The van der Waals surface area contributed by atoms with E-state index in [-0.39, 0.29) is 5.82 Å². The summed E-state index contributed by atoms with van der Waals surface area (Å²) >= 11 is 3.28. The first-order valence-corrected chi connectivity index (χ1v) is 6.85. The first-order chi connectivity index (χ1) is 9.70. The number of imidazole rings is 1. The van der Waals surface area contributed by atoms with Crippen molar-refractivity contribution in [3.05, 3.63) is 46.7 Å². The number of H-pyrrole nitrogens is 1. The van der Waals surface area contributed by atoms with Gasteiger partial charge in [0.25, 0.3) is 0 Å². The molecule has 0 amide bonds. The van der Waals surface area contributed by atoms with Crippen LogP contribution >= 0.6 is 15.9 Å². The number of anilines is 1. The molecule has 20 heavy (non-hydrogen) atoms. The fourth-order valence-electron chi connectivity index (χ4n) is 1.85. The van der Waals surface area contributed by atoms with E-state index in [4.69, 9.17) is 0 Å². The van der Waals surface area contributed by atoms with E-state index in [1.54, 1.807) is 18.5 Å². The van der Waals surface area contributed by atoms with Gasteiger partial charge < -0.3 is 10.3 Å². The van der Waals surface area contributed by atoms with Crippen LogP contribution in [0.15, 0.2) is 35.1 Å². The van der Waals surface area contributed by atoms with Crippen LogP contribution in [0.3, 0.4) is 0 Å². The molecule has 0 aliphatic carbocycles. The summed E-state index contributed by atoms with van der Waals surface area (Å²) in [7, 11) is 0. The lowest BCUT2D eigenvalue weighted by Gasteiger charge is -2.02. The number of hydrogen-bond acceptors (Lipinski definition) is 4. The highest BCUT2D eigenvalue weighted by Gasteiger charge is 2.04. The molecular formula is C13H11BrFN5. The second kappa shape index (κ2) is 5.54. The van der Waals surface area contributed by atoms with E-state index in [9.17, 15) is 4.39 Å². The molecule has 2 aromatic heterocycles. The highest BCUT2D eigenvalue weighted by atomic mass is 79.9. The third kappa shape index (κ3) is 2.93. The van der Waals surface area contributed by atoms with Gasteiger partial charge in [0.05, 0.1) is 15.5 Å². The van der Waals surface area contributed by atoms with Crippen LogP contribution in [-0.4, -0.2) is 26.5 Å². The summed E-state index contributed by atoms with van der Waals surface area (Å²) in [5, 5.41) is 3.10. The van der Waals surface area contributed by atoms with Crippen LogP contribution in [0.25, 0.3) is 11.0 Å². The van der Waals surface area contributed by atoms with Crippen LogP contribution in [0.2, 0.25) is 0 Å². The van der Waals surface area contributed by atoms with E-state index in [1.165, 1.54) is 12.1 Å². The lowest BCUT2D eigenvalue weighted by Crippen LogP contribution is -2.08. The average molecular weight is 336 g/mol. The molecule has 5 nitrogen and oxygen atoms in total. The van der Waals surface area contributed by atoms with Gasteiger partial charge in [0.15, 0.2) is 0 Å². The quantitative estimate of drug-likeness (QED) is 0.769. The lowest BCUT2D eigenvalue weighted by atomic mass is 10.3. The Labute approximate surface area is 122 Å². The van der Waals surface area contributed by atoms with E-state index < -0.39 is 0 Å². The van der Waals surface area contributed by atoms with Gasteiger partial charge in [-0.3, -0.25) is 0 Å². The van der Waals surface area contributed by atoms with Crippen molar-refractivity contribution in [2.75, 3.05) is 11.9 Å². The molecule has 0 bridgehead atoms. The van der Waals surface area contributed by atoms with Crippen LogP contribution < -0.4 is 5.32 Å². The van der Waals surface area contributed by atoms with E-state index in [1.807, 2.05) is 0 Å². The summed E-state index contributed by atoms with van der Waals surface area (Å²) in [6, 6.07) is 4.51. The first-order valence-electron chi connectivity index (χ1n) is 6.06. The Morgan fingerprint density at radius 1 is 1.25 bits per heavy atom. The third-order valence-electron chi connectivity index (χ3n) is 2.76. The summed E-state index contributed by atoms with van der Waals surface area (Å²) < 4.78 is 13.9. The molecule has 0 radical (unpaired) electrons. The maximum atomic E-state index is 13.1. The molecular weight excluding hydrogens is 325 g/mol. The average Bonchev–Trinajstić information content (AvgIpc) is 2.83. The number of halogens is 2. The van der Waals surface area contributed by atoms with Gasteiger partial charge in [-0.15, -0.1) is 0 Å². The van der Waals surface area contributed by atoms with Gasteiger partial charge in [-0.25, -0.2) is 19.3 Å². The van der Waals surface area contributed by atoms with Crippen molar-refractivity contribution in [2.45, 2.75) is 6.42 Å². The van der Waals surface area contributed by atoms with Crippen LogP contribution in [0, 0.1) is 5.82 Å². The van der Waals surface area contributed by atoms with Gasteiger partial charge in [0, 0.05) is 25.4 Å². The van der Waals surface area contributed by atoms with Crippen molar-refractivity contribution in [3.63, 3.8) is 0 Å². The van der Waals surface area contributed by atoms with Gasteiger partial charge >= 0.3 is 0 Å². The Balaban J connectivity index is 1.63. The zero-order valence-corrected chi connectivity index (χ0v) is 12.0. The van der Waals surface area contributed by atoms with E-state index in [2.05, 4.69) is 41.2 Å². The zero-order valence-electron chi connectivity index (χ0n) is 10.4. The SMILES string of the molecule is Fc1ccc2nc(CCNc3ncc(Br)cn3)[nH]c2c1. The van der Waals surface area contributed by atoms with Crippen molar-refractivity contribution in [2.24, 2.45) is 0 Å². The van der Waals surface area contributed by atoms with Gasteiger partial charge in [0.1, 0.15) is 11.6 Å².